The lowest BCUT2D eigenvalue weighted by molar-refractivity contribution is -0.0680. The monoisotopic (exact) mass is 419 g/mol. The molecule has 1 aliphatic rings. The number of morpholine rings is 1. The summed E-state index contributed by atoms with van der Waals surface area (Å²) < 4.78 is 11.6. The van der Waals surface area contributed by atoms with Crippen LogP contribution >= 0.6 is 0 Å². The van der Waals surface area contributed by atoms with Crippen LogP contribution in [-0.4, -0.2) is 63.4 Å². The second kappa shape index (κ2) is 8.19. The number of carbonyl (C=O) groups is 1. The maximum absolute atomic E-state index is 13.2. The minimum absolute atomic E-state index is 0.0791. The number of aryl methyl sites for hydroxylation is 1. The topological polar surface area (TPSA) is 95.5 Å². The summed E-state index contributed by atoms with van der Waals surface area (Å²) in [5, 5.41) is 7.97. The highest BCUT2D eigenvalue weighted by Crippen LogP contribution is 2.26. The molecule has 3 aromatic heterocycles. The van der Waals surface area contributed by atoms with Crippen LogP contribution < -0.4 is 4.84 Å². The number of aromatic nitrogens is 4. The van der Waals surface area contributed by atoms with E-state index in [1.807, 2.05) is 43.3 Å². The molecule has 1 amide bonds. The standard InChI is InChI=1S/C22H21N5O4/c1-15-18(12-20(31-15)16-6-3-2-4-7-16)22(28)26-10-11-29-17(13-26)14-30-27-21-19(24-25-27)8-5-9-23-21/h2-9,12,17H,10-11,13-14H2,1H3. The second-order valence-corrected chi connectivity index (χ2v) is 7.29. The number of carbonyl (C=O) groups excluding carboxylic acids is 1. The first-order valence-corrected chi connectivity index (χ1v) is 10.1. The molecule has 4 heterocycles. The summed E-state index contributed by atoms with van der Waals surface area (Å²) in [6.07, 6.45) is 1.36. The summed E-state index contributed by atoms with van der Waals surface area (Å²) in [5.74, 6) is 1.20. The molecule has 5 rings (SSSR count). The van der Waals surface area contributed by atoms with Gasteiger partial charge < -0.3 is 18.9 Å². The van der Waals surface area contributed by atoms with Gasteiger partial charge >= 0.3 is 0 Å². The number of furan rings is 1. The molecule has 0 bridgehead atoms. The van der Waals surface area contributed by atoms with Crippen molar-refractivity contribution in [2.24, 2.45) is 0 Å². The summed E-state index contributed by atoms with van der Waals surface area (Å²) in [5.41, 5.74) is 2.68. The highest BCUT2D eigenvalue weighted by molar-refractivity contribution is 5.96. The van der Waals surface area contributed by atoms with E-state index in [1.54, 1.807) is 23.2 Å². The number of pyridine rings is 1. The first kappa shape index (κ1) is 19.3. The van der Waals surface area contributed by atoms with Crippen molar-refractivity contribution in [3.8, 4) is 11.3 Å². The number of nitrogens with zero attached hydrogens (tertiary/aromatic N) is 5. The lowest BCUT2D eigenvalue weighted by atomic mass is 10.1. The van der Waals surface area contributed by atoms with Crippen molar-refractivity contribution in [2.45, 2.75) is 13.0 Å². The minimum Gasteiger partial charge on any atom is -0.461 e. The number of hydrogen-bond acceptors (Lipinski definition) is 7. The summed E-state index contributed by atoms with van der Waals surface area (Å²) in [4.78, 5) is 26.1. The SMILES string of the molecule is Cc1oc(-c2ccccc2)cc1C(=O)N1CCOC(COn2nnc3cccnc32)C1. The van der Waals surface area contributed by atoms with Gasteiger partial charge in [-0.15, -0.1) is 5.10 Å². The van der Waals surface area contributed by atoms with Gasteiger partial charge in [-0.05, 0) is 30.3 Å². The Morgan fingerprint density at radius 2 is 2.10 bits per heavy atom. The highest BCUT2D eigenvalue weighted by Gasteiger charge is 2.28. The lowest BCUT2D eigenvalue weighted by Gasteiger charge is -2.32. The molecule has 0 aliphatic carbocycles. The van der Waals surface area contributed by atoms with Crippen LogP contribution in [0.4, 0.5) is 0 Å². The number of amides is 1. The van der Waals surface area contributed by atoms with E-state index in [9.17, 15) is 4.79 Å². The Balaban J connectivity index is 1.26. The summed E-state index contributed by atoms with van der Waals surface area (Å²) in [6, 6.07) is 15.1. The summed E-state index contributed by atoms with van der Waals surface area (Å²) in [6.45, 7) is 3.37. The van der Waals surface area contributed by atoms with E-state index in [-0.39, 0.29) is 18.6 Å². The third kappa shape index (κ3) is 3.87. The zero-order valence-electron chi connectivity index (χ0n) is 17.0. The summed E-state index contributed by atoms with van der Waals surface area (Å²) in [7, 11) is 0. The van der Waals surface area contributed by atoms with E-state index < -0.39 is 0 Å². The van der Waals surface area contributed by atoms with Crippen molar-refractivity contribution in [2.75, 3.05) is 26.3 Å². The van der Waals surface area contributed by atoms with Gasteiger partial charge in [0.15, 0.2) is 0 Å². The predicted molar refractivity (Wildman–Crippen MR) is 111 cm³/mol. The van der Waals surface area contributed by atoms with E-state index in [4.69, 9.17) is 14.0 Å². The van der Waals surface area contributed by atoms with Gasteiger partial charge in [0.05, 0.1) is 18.7 Å². The Hall–Kier alpha value is -3.72. The molecule has 1 fully saturated rings. The Bertz CT molecular complexity index is 1200. The quantitative estimate of drug-likeness (QED) is 0.490. The van der Waals surface area contributed by atoms with E-state index in [0.29, 0.717) is 47.9 Å². The zero-order chi connectivity index (χ0) is 21.2. The molecular weight excluding hydrogens is 398 g/mol. The van der Waals surface area contributed by atoms with Crippen LogP contribution in [-0.2, 0) is 4.74 Å². The van der Waals surface area contributed by atoms with E-state index >= 15 is 0 Å². The normalized spacial score (nSPS) is 16.5. The largest absolute Gasteiger partial charge is 0.461 e. The van der Waals surface area contributed by atoms with E-state index in [1.165, 1.54) is 4.85 Å². The Morgan fingerprint density at radius 1 is 1.23 bits per heavy atom. The molecule has 158 valence electrons. The fraction of sp³-hybridized carbons (Fsp3) is 0.273. The maximum atomic E-state index is 13.2. The molecule has 4 aromatic rings. The van der Waals surface area contributed by atoms with Crippen LogP contribution in [0.1, 0.15) is 16.1 Å². The van der Waals surface area contributed by atoms with Crippen molar-refractivity contribution >= 4 is 17.1 Å². The Morgan fingerprint density at radius 3 is 2.97 bits per heavy atom. The molecule has 31 heavy (non-hydrogen) atoms. The average Bonchev–Trinajstić information content (AvgIpc) is 3.41. The van der Waals surface area contributed by atoms with Crippen LogP contribution in [0.3, 0.4) is 0 Å². The van der Waals surface area contributed by atoms with Crippen LogP contribution in [0.5, 0.6) is 0 Å². The molecule has 0 saturated carbocycles. The minimum atomic E-state index is -0.290. The molecule has 9 nitrogen and oxygen atoms in total. The van der Waals surface area contributed by atoms with Crippen molar-refractivity contribution in [3.63, 3.8) is 0 Å². The number of ether oxygens (including phenoxy) is 1. The van der Waals surface area contributed by atoms with Gasteiger partial charge in [-0.1, -0.05) is 35.2 Å². The van der Waals surface area contributed by atoms with Gasteiger partial charge in [0.1, 0.15) is 29.7 Å². The molecule has 9 heteroatoms. The smallest absolute Gasteiger partial charge is 0.257 e. The van der Waals surface area contributed by atoms with Gasteiger partial charge in [0.2, 0.25) is 5.65 Å². The molecule has 0 N–H and O–H groups in total. The maximum Gasteiger partial charge on any atom is 0.257 e. The second-order valence-electron chi connectivity index (χ2n) is 7.29. The highest BCUT2D eigenvalue weighted by atomic mass is 16.7. The van der Waals surface area contributed by atoms with Gasteiger partial charge in [0, 0.05) is 18.3 Å². The van der Waals surface area contributed by atoms with Crippen molar-refractivity contribution < 1.29 is 18.8 Å². The first-order valence-electron chi connectivity index (χ1n) is 10.1. The van der Waals surface area contributed by atoms with Crippen molar-refractivity contribution in [3.05, 3.63) is 66.1 Å². The van der Waals surface area contributed by atoms with E-state index in [0.717, 1.165) is 5.56 Å². The van der Waals surface area contributed by atoms with Crippen LogP contribution in [0.15, 0.2) is 59.1 Å². The lowest BCUT2D eigenvalue weighted by Crippen LogP contribution is -2.48. The van der Waals surface area contributed by atoms with Gasteiger partial charge in [-0.3, -0.25) is 4.79 Å². The molecule has 0 spiro atoms. The third-order valence-corrected chi connectivity index (χ3v) is 5.20. The Labute approximate surface area is 178 Å². The molecule has 1 unspecified atom stereocenters. The fourth-order valence-corrected chi connectivity index (χ4v) is 3.60. The van der Waals surface area contributed by atoms with E-state index in [2.05, 4.69) is 15.3 Å². The Kier molecular flexibility index (Phi) is 5.09. The third-order valence-electron chi connectivity index (χ3n) is 5.20. The first-order chi connectivity index (χ1) is 15.2. The molecular formula is C22H21N5O4. The molecule has 1 saturated heterocycles. The van der Waals surface area contributed by atoms with Crippen LogP contribution in [0.25, 0.3) is 22.5 Å². The molecule has 1 aromatic carbocycles. The van der Waals surface area contributed by atoms with Crippen LogP contribution in [0, 0.1) is 6.92 Å². The zero-order valence-corrected chi connectivity index (χ0v) is 17.0. The van der Waals surface area contributed by atoms with Gasteiger partial charge in [-0.2, -0.15) is 0 Å². The summed E-state index contributed by atoms with van der Waals surface area (Å²) >= 11 is 0. The molecule has 0 radical (unpaired) electrons. The average molecular weight is 419 g/mol. The fourth-order valence-electron chi connectivity index (χ4n) is 3.60. The van der Waals surface area contributed by atoms with Gasteiger partial charge in [0.25, 0.3) is 5.91 Å². The number of benzene rings is 1. The van der Waals surface area contributed by atoms with Gasteiger partial charge in [-0.25, -0.2) is 4.98 Å². The van der Waals surface area contributed by atoms with Crippen molar-refractivity contribution in [1.82, 2.24) is 25.0 Å². The molecule has 1 aliphatic heterocycles. The number of rotatable bonds is 5. The predicted octanol–water partition coefficient (Wildman–Crippen LogP) is 2.36. The molecule has 1 atom stereocenters. The van der Waals surface area contributed by atoms with Crippen LogP contribution in [0.2, 0.25) is 0 Å². The van der Waals surface area contributed by atoms with Crippen molar-refractivity contribution in [1.29, 1.82) is 0 Å². The number of hydrogen-bond donors (Lipinski definition) is 0. The number of fused-ring (bicyclic) bond motifs is 1.